The lowest BCUT2D eigenvalue weighted by Gasteiger charge is -2.10. The van der Waals surface area contributed by atoms with Gasteiger partial charge in [0.05, 0.1) is 6.61 Å². The molecule has 0 aliphatic carbocycles. The Labute approximate surface area is 142 Å². The van der Waals surface area contributed by atoms with E-state index in [4.69, 9.17) is 22.1 Å². The van der Waals surface area contributed by atoms with Crippen LogP contribution in [0.5, 0.6) is 0 Å². The summed E-state index contributed by atoms with van der Waals surface area (Å²) in [6.07, 6.45) is 0. The molecule has 0 aliphatic rings. The van der Waals surface area contributed by atoms with Crippen molar-refractivity contribution in [3.63, 3.8) is 0 Å². The number of nitrogens with zero attached hydrogens (tertiary/aromatic N) is 4. The maximum absolute atomic E-state index is 11.7. The van der Waals surface area contributed by atoms with E-state index in [1.807, 2.05) is 0 Å². The lowest BCUT2D eigenvalue weighted by molar-refractivity contribution is -0.145. The molecular weight excluding hydrogens is 427 g/mol. The molecule has 0 heterocycles. The largest absolute Gasteiger partial charge is 0.463 e. The fourth-order valence-corrected chi connectivity index (χ4v) is 3.02. The van der Waals surface area contributed by atoms with Crippen molar-refractivity contribution in [2.75, 3.05) is 6.61 Å². The van der Waals surface area contributed by atoms with Crippen LogP contribution in [0.4, 0.5) is 5.69 Å². The zero-order valence-electron chi connectivity index (χ0n) is 10.6. The Morgan fingerprint density at radius 3 is 2.33 bits per heavy atom. The first-order chi connectivity index (χ1) is 9.90. The first-order valence-corrected chi connectivity index (χ1v) is 7.43. The molecular formula is C12H7Br2ClN4O2. The van der Waals surface area contributed by atoms with Crippen molar-refractivity contribution >= 4 is 55.1 Å². The van der Waals surface area contributed by atoms with Crippen LogP contribution < -0.4 is 0 Å². The number of halogens is 3. The van der Waals surface area contributed by atoms with Crippen molar-refractivity contribution in [2.45, 2.75) is 12.5 Å². The van der Waals surface area contributed by atoms with Crippen molar-refractivity contribution < 1.29 is 9.53 Å². The quantitative estimate of drug-likeness (QED) is 0.521. The van der Waals surface area contributed by atoms with E-state index in [2.05, 4.69) is 46.8 Å². The standard InChI is InChI=1S/C12H7Br2ClN4O2/c1-2-21-11(20)12(5-16,6-17)19-18-10-8(13)3-7(15)4-9(10)14/h3-4H,2H2,1H3. The second-order valence-electron chi connectivity index (χ2n) is 3.57. The van der Waals surface area contributed by atoms with Crippen LogP contribution in [0.15, 0.2) is 31.3 Å². The SMILES string of the molecule is CCOC(=O)C(C#N)(C#N)N=Nc1c(Br)cc(Cl)cc1Br. The lowest BCUT2D eigenvalue weighted by Crippen LogP contribution is -2.35. The molecule has 108 valence electrons. The highest BCUT2D eigenvalue weighted by atomic mass is 79.9. The Morgan fingerprint density at radius 2 is 1.90 bits per heavy atom. The van der Waals surface area contributed by atoms with Gasteiger partial charge in [0.2, 0.25) is 0 Å². The summed E-state index contributed by atoms with van der Waals surface area (Å²) < 4.78 is 5.65. The third-order valence-corrected chi connectivity index (χ3v) is 3.60. The number of ether oxygens (including phenoxy) is 1. The number of nitriles is 2. The summed E-state index contributed by atoms with van der Waals surface area (Å²) in [5, 5.41) is 25.9. The van der Waals surface area contributed by atoms with Crippen LogP contribution in [0, 0.1) is 22.7 Å². The summed E-state index contributed by atoms with van der Waals surface area (Å²) in [6, 6.07) is 6.16. The Morgan fingerprint density at radius 1 is 1.38 bits per heavy atom. The monoisotopic (exact) mass is 432 g/mol. The third kappa shape index (κ3) is 4.01. The maximum atomic E-state index is 11.7. The van der Waals surface area contributed by atoms with E-state index in [9.17, 15) is 4.79 Å². The molecule has 0 fully saturated rings. The van der Waals surface area contributed by atoms with Crippen molar-refractivity contribution in [2.24, 2.45) is 10.2 Å². The first-order valence-electron chi connectivity index (χ1n) is 5.47. The Balaban J connectivity index is 3.27. The van der Waals surface area contributed by atoms with Gasteiger partial charge in [0.15, 0.2) is 0 Å². The summed E-state index contributed by atoms with van der Waals surface area (Å²) in [6.45, 7) is 1.58. The molecule has 0 N–H and O–H groups in total. The number of carbonyl (C=O) groups is 1. The Bertz CT molecular complexity index is 642. The van der Waals surface area contributed by atoms with E-state index < -0.39 is 11.5 Å². The molecule has 0 radical (unpaired) electrons. The number of hydrogen-bond donors (Lipinski definition) is 0. The van der Waals surface area contributed by atoms with Crippen molar-refractivity contribution in [1.82, 2.24) is 0 Å². The molecule has 0 spiro atoms. The Kier molecular flexibility index (Phi) is 6.28. The van der Waals surface area contributed by atoms with E-state index in [1.165, 1.54) is 12.1 Å². The minimum atomic E-state index is -2.34. The minimum absolute atomic E-state index is 0.0216. The van der Waals surface area contributed by atoms with Crippen LogP contribution in [0.1, 0.15) is 6.92 Å². The molecule has 21 heavy (non-hydrogen) atoms. The maximum Gasteiger partial charge on any atom is 0.365 e. The van der Waals surface area contributed by atoms with Crippen molar-refractivity contribution in [1.29, 1.82) is 10.5 Å². The highest BCUT2D eigenvalue weighted by Crippen LogP contribution is 2.37. The lowest BCUT2D eigenvalue weighted by atomic mass is 10.1. The molecule has 0 aromatic heterocycles. The first kappa shape index (κ1) is 17.6. The Hall–Kier alpha value is -1.48. The van der Waals surface area contributed by atoms with Gasteiger partial charge in [0, 0.05) is 14.0 Å². The van der Waals surface area contributed by atoms with Crippen LogP contribution in [-0.2, 0) is 9.53 Å². The molecule has 0 saturated heterocycles. The molecule has 6 nitrogen and oxygen atoms in total. The van der Waals surface area contributed by atoms with Crippen LogP contribution in [-0.4, -0.2) is 18.1 Å². The van der Waals surface area contributed by atoms with Gasteiger partial charge in [-0.2, -0.15) is 15.6 Å². The summed E-state index contributed by atoms with van der Waals surface area (Å²) >= 11 is 12.3. The molecule has 9 heteroatoms. The van der Waals surface area contributed by atoms with Crippen LogP contribution in [0.25, 0.3) is 0 Å². The van der Waals surface area contributed by atoms with Gasteiger partial charge in [-0.15, -0.1) is 5.11 Å². The summed E-state index contributed by atoms with van der Waals surface area (Å²) in [5.74, 6) is -1.07. The van der Waals surface area contributed by atoms with Gasteiger partial charge < -0.3 is 4.74 Å². The van der Waals surface area contributed by atoms with E-state index in [0.717, 1.165) is 0 Å². The molecule has 0 amide bonds. The molecule has 0 unspecified atom stereocenters. The fraction of sp³-hybridized carbons (Fsp3) is 0.250. The molecule has 1 aromatic carbocycles. The average molecular weight is 434 g/mol. The average Bonchev–Trinajstić information content (AvgIpc) is 2.42. The van der Waals surface area contributed by atoms with Gasteiger partial charge in [-0.3, -0.25) is 0 Å². The highest BCUT2D eigenvalue weighted by Gasteiger charge is 2.42. The number of esters is 1. The summed E-state index contributed by atoms with van der Waals surface area (Å²) in [5.41, 5.74) is -2.05. The summed E-state index contributed by atoms with van der Waals surface area (Å²) in [7, 11) is 0. The summed E-state index contributed by atoms with van der Waals surface area (Å²) in [4.78, 5) is 11.7. The molecule has 1 aromatic rings. The van der Waals surface area contributed by atoms with Gasteiger partial charge in [-0.25, -0.2) is 4.79 Å². The van der Waals surface area contributed by atoms with Gasteiger partial charge in [0.25, 0.3) is 0 Å². The van der Waals surface area contributed by atoms with E-state index in [-0.39, 0.29) is 6.61 Å². The van der Waals surface area contributed by atoms with E-state index in [1.54, 1.807) is 19.1 Å². The highest BCUT2D eigenvalue weighted by molar-refractivity contribution is 9.11. The van der Waals surface area contributed by atoms with Crippen LogP contribution in [0.3, 0.4) is 0 Å². The molecule has 0 aliphatic heterocycles. The van der Waals surface area contributed by atoms with Crippen molar-refractivity contribution in [3.05, 3.63) is 26.1 Å². The predicted molar refractivity (Wildman–Crippen MR) is 82.0 cm³/mol. The predicted octanol–water partition coefficient (Wildman–Crippen LogP) is 4.30. The minimum Gasteiger partial charge on any atom is -0.463 e. The smallest absolute Gasteiger partial charge is 0.365 e. The molecule has 0 saturated carbocycles. The number of azo groups is 1. The molecule has 0 bridgehead atoms. The molecule has 1 rings (SSSR count). The third-order valence-electron chi connectivity index (χ3n) is 2.18. The van der Waals surface area contributed by atoms with Gasteiger partial charge in [-0.05, 0) is 50.9 Å². The topological polar surface area (TPSA) is 98.6 Å². The van der Waals surface area contributed by atoms with E-state index in [0.29, 0.717) is 19.7 Å². The molecule has 0 atom stereocenters. The number of rotatable bonds is 4. The number of hydrogen-bond acceptors (Lipinski definition) is 6. The van der Waals surface area contributed by atoms with E-state index >= 15 is 0 Å². The number of benzene rings is 1. The zero-order chi connectivity index (χ0) is 16.0. The number of carbonyl (C=O) groups excluding carboxylic acids is 1. The van der Waals surface area contributed by atoms with Crippen LogP contribution >= 0.6 is 43.5 Å². The van der Waals surface area contributed by atoms with Crippen LogP contribution in [0.2, 0.25) is 5.02 Å². The van der Waals surface area contributed by atoms with Crippen molar-refractivity contribution in [3.8, 4) is 12.1 Å². The second-order valence-corrected chi connectivity index (χ2v) is 5.72. The van der Waals surface area contributed by atoms with Gasteiger partial charge in [-0.1, -0.05) is 11.6 Å². The van der Waals surface area contributed by atoms with Gasteiger partial charge in [0.1, 0.15) is 17.8 Å². The normalized spacial score (nSPS) is 11.0. The van der Waals surface area contributed by atoms with Gasteiger partial charge >= 0.3 is 11.5 Å². The zero-order valence-corrected chi connectivity index (χ0v) is 14.5. The second kappa shape index (κ2) is 7.51. The fourth-order valence-electron chi connectivity index (χ4n) is 1.19.